The first-order chi connectivity index (χ1) is 6.84. The molecule has 0 aromatic carbocycles. The first kappa shape index (κ1) is 9.68. The van der Waals surface area contributed by atoms with Crippen LogP contribution in [0.5, 0.6) is 5.88 Å². The molecule has 0 saturated carbocycles. The Hall–Kier alpha value is -0.870. The second-order valence-corrected chi connectivity index (χ2v) is 3.59. The lowest BCUT2D eigenvalue weighted by Gasteiger charge is -2.23. The number of rotatable bonds is 2. The molecule has 0 bridgehead atoms. The van der Waals surface area contributed by atoms with Gasteiger partial charge in [0.1, 0.15) is 6.10 Å². The fraction of sp³-hybridized carbons (Fsp3) is 0.556. The number of halogens is 1. The van der Waals surface area contributed by atoms with Crippen molar-refractivity contribution >= 4 is 11.6 Å². The van der Waals surface area contributed by atoms with Gasteiger partial charge in [-0.05, 0) is 31.0 Å². The molecule has 1 atom stereocenters. The van der Waals surface area contributed by atoms with Crippen LogP contribution in [0.3, 0.4) is 0 Å². The molecule has 0 radical (unpaired) electrons. The second-order valence-electron chi connectivity index (χ2n) is 3.25. The zero-order valence-corrected chi connectivity index (χ0v) is 8.50. The highest BCUT2D eigenvalue weighted by Gasteiger charge is 2.14. The summed E-state index contributed by atoms with van der Waals surface area (Å²) in [6.07, 6.45) is 4.01. The van der Waals surface area contributed by atoms with Crippen molar-refractivity contribution < 1.29 is 4.74 Å². The molecule has 1 N–H and O–H groups in total. The third-order valence-electron chi connectivity index (χ3n) is 2.14. The quantitative estimate of drug-likeness (QED) is 0.752. The predicted octanol–water partition coefficient (Wildman–Crippen LogP) is 1.26. The molecule has 14 heavy (non-hydrogen) atoms. The van der Waals surface area contributed by atoms with Crippen molar-refractivity contribution in [2.45, 2.75) is 18.9 Å². The maximum absolute atomic E-state index is 5.64. The molecule has 76 valence electrons. The molecule has 1 fully saturated rings. The molecule has 2 rings (SSSR count). The van der Waals surface area contributed by atoms with Crippen molar-refractivity contribution in [2.75, 3.05) is 13.1 Å². The minimum Gasteiger partial charge on any atom is -0.473 e. The van der Waals surface area contributed by atoms with Crippen LogP contribution in [0.15, 0.2) is 12.3 Å². The Morgan fingerprint density at radius 1 is 1.57 bits per heavy atom. The summed E-state index contributed by atoms with van der Waals surface area (Å²) in [5.41, 5.74) is 0. The zero-order chi connectivity index (χ0) is 9.80. The average Bonchev–Trinajstić information content (AvgIpc) is 2.19. The summed E-state index contributed by atoms with van der Waals surface area (Å²) in [6, 6.07) is 1.72. The predicted molar refractivity (Wildman–Crippen MR) is 53.6 cm³/mol. The van der Waals surface area contributed by atoms with E-state index in [-0.39, 0.29) is 11.4 Å². The number of nitrogens with zero attached hydrogens (tertiary/aromatic N) is 2. The number of aromatic nitrogens is 2. The molecular weight excluding hydrogens is 202 g/mol. The Morgan fingerprint density at radius 2 is 2.50 bits per heavy atom. The number of piperidine rings is 1. The van der Waals surface area contributed by atoms with Crippen molar-refractivity contribution in [1.29, 1.82) is 0 Å². The van der Waals surface area contributed by atoms with Gasteiger partial charge in [-0.1, -0.05) is 0 Å². The van der Waals surface area contributed by atoms with Crippen molar-refractivity contribution in [2.24, 2.45) is 0 Å². The summed E-state index contributed by atoms with van der Waals surface area (Å²) in [6.45, 7) is 1.95. The molecule has 0 aliphatic carbocycles. The van der Waals surface area contributed by atoms with Gasteiger partial charge in [0.05, 0.1) is 0 Å². The molecule has 4 nitrogen and oxygen atoms in total. The lowest BCUT2D eigenvalue weighted by Crippen LogP contribution is -2.37. The Bertz CT molecular complexity index is 302. The van der Waals surface area contributed by atoms with Gasteiger partial charge in [-0.25, -0.2) is 4.98 Å². The number of hydrogen-bond donors (Lipinski definition) is 1. The maximum atomic E-state index is 5.64. The smallest absolute Gasteiger partial charge is 0.225 e. The Morgan fingerprint density at radius 3 is 3.21 bits per heavy atom. The topological polar surface area (TPSA) is 47.0 Å². The maximum Gasteiger partial charge on any atom is 0.225 e. The highest BCUT2D eigenvalue weighted by atomic mass is 35.5. The van der Waals surface area contributed by atoms with Crippen LogP contribution in [0.4, 0.5) is 0 Å². The Labute approximate surface area is 87.7 Å². The van der Waals surface area contributed by atoms with E-state index in [4.69, 9.17) is 16.3 Å². The van der Waals surface area contributed by atoms with Crippen molar-refractivity contribution in [3.8, 4) is 5.88 Å². The third kappa shape index (κ3) is 2.56. The van der Waals surface area contributed by atoms with Crippen LogP contribution in [0, 0.1) is 0 Å². The Balaban J connectivity index is 1.95. The summed E-state index contributed by atoms with van der Waals surface area (Å²) in [5, 5.41) is 3.50. The Kier molecular flexibility index (Phi) is 3.16. The normalized spacial score (nSPS) is 21.9. The summed E-state index contributed by atoms with van der Waals surface area (Å²) >= 11 is 5.64. The molecule has 0 spiro atoms. The van der Waals surface area contributed by atoms with E-state index >= 15 is 0 Å². The van der Waals surface area contributed by atoms with Gasteiger partial charge in [0.15, 0.2) is 0 Å². The highest BCUT2D eigenvalue weighted by molar-refractivity contribution is 6.28. The summed E-state index contributed by atoms with van der Waals surface area (Å²) in [4.78, 5) is 7.76. The van der Waals surface area contributed by atoms with Crippen LogP contribution in [0.25, 0.3) is 0 Å². The largest absolute Gasteiger partial charge is 0.473 e. The monoisotopic (exact) mass is 213 g/mol. The lowest BCUT2D eigenvalue weighted by molar-refractivity contribution is 0.160. The van der Waals surface area contributed by atoms with Crippen molar-refractivity contribution in [1.82, 2.24) is 15.3 Å². The molecule has 1 aromatic heterocycles. The van der Waals surface area contributed by atoms with E-state index in [9.17, 15) is 0 Å². The van der Waals surface area contributed by atoms with Gasteiger partial charge < -0.3 is 10.1 Å². The molecule has 5 heteroatoms. The van der Waals surface area contributed by atoms with E-state index in [1.54, 1.807) is 12.3 Å². The van der Waals surface area contributed by atoms with Crippen LogP contribution in [-0.2, 0) is 0 Å². The number of nitrogens with one attached hydrogen (secondary N) is 1. The fourth-order valence-electron chi connectivity index (χ4n) is 1.48. The van der Waals surface area contributed by atoms with Crippen LogP contribution >= 0.6 is 11.6 Å². The van der Waals surface area contributed by atoms with Crippen LogP contribution in [0.2, 0.25) is 5.28 Å². The second kappa shape index (κ2) is 4.57. The fourth-order valence-corrected chi connectivity index (χ4v) is 1.62. The van der Waals surface area contributed by atoms with Crippen LogP contribution < -0.4 is 10.1 Å². The van der Waals surface area contributed by atoms with E-state index < -0.39 is 0 Å². The van der Waals surface area contributed by atoms with Gasteiger partial charge in [-0.2, -0.15) is 4.98 Å². The van der Waals surface area contributed by atoms with Gasteiger partial charge >= 0.3 is 0 Å². The van der Waals surface area contributed by atoms with Crippen molar-refractivity contribution in [3.05, 3.63) is 17.5 Å². The number of ether oxygens (including phenoxy) is 1. The minimum atomic E-state index is 0.203. The van der Waals surface area contributed by atoms with E-state index in [0.29, 0.717) is 5.88 Å². The zero-order valence-electron chi connectivity index (χ0n) is 7.74. The van der Waals surface area contributed by atoms with E-state index in [1.807, 2.05) is 0 Å². The van der Waals surface area contributed by atoms with Gasteiger partial charge in [0, 0.05) is 18.8 Å². The first-order valence-corrected chi connectivity index (χ1v) is 5.08. The van der Waals surface area contributed by atoms with E-state index in [1.165, 1.54) is 0 Å². The molecule has 2 heterocycles. The highest BCUT2D eigenvalue weighted by Crippen LogP contribution is 2.13. The summed E-state index contributed by atoms with van der Waals surface area (Å²) in [7, 11) is 0. The summed E-state index contributed by atoms with van der Waals surface area (Å²) < 4.78 is 5.64. The van der Waals surface area contributed by atoms with E-state index in [2.05, 4.69) is 15.3 Å². The SMILES string of the molecule is Clc1nccc(OC2CCCNC2)n1. The third-order valence-corrected chi connectivity index (χ3v) is 2.32. The number of hydrogen-bond acceptors (Lipinski definition) is 4. The molecule has 1 saturated heterocycles. The van der Waals surface area contributed by atoms with Crippen LogP contribution in [-0.4, -0.2) is 29.2 Å². The molecule has 1 unspecified atom stereocenters. The summed E-state index contributed by atoms with van der Waals surface area (Å²) in [5.74, 6) is 0.554. The molecule has 1 aliphatic rings. The van der Waals surface area contributed by atoms with Gasteiger partial charge in [0.25, 0.3) is 0 Å². The van der Waals surface area contributed by atoms with E-state index in [0.717, 1.165) is 25.9 Å². The lowest BCUT2D eigenvalue weighted by atomic mass is 10.1. The molecular formula is C9H12ClN3O. The van der Waals surface area contributed by atoms with Gasteiger partial charge in [0.2, 0.25) is 11.2 Å². The first-order valence-electron chi connectivity index (χ1n) is 4.70. The van der Waals surface area contributed by atoms with Gasteiger partial charge in [-0.15, -0.1) is 0 Å². The van der Waals surface area contributed by atoms with Crippen molar-refractivity contribution in [3.63, 3.8) is 0 Å². The average molecular weight is 214 g/mol. The molecule has 1 aliphatic heterocycles. The molecule has 0 amide bonds. The van der Waals surface area contributed by atoms with Crippen LogP contribution in [0.1, 0.15) is 12.8 Å². The van der Waals surface area contributed by atoms with Gasteiger partial charge in [-0.3, -0.25) is 0 Å². The molecule has 1 aromatic rings. The minimum absolute atomic E-state index is 0.203. The standard InChI is InChI=1S/C9H12ClN3O/c10-9-12-5-3-8(13-9)14-7-2-1-4-11-6-7/h3,5,7,11H,1-2,4,6H2.